The maximum atomic E-state index is 13.5. The summed E-state index contributed by atoms with van der Waals surface area (Å²) in [5.41, 5.74) is -1.40. The zero-order valence-electron chi connectivity index (χ0n) is 18.0. The predicted octanol–water partition coefficient (Wildman–Crippen LogP) is 6.78. The van der Waals surface area contributed by atoms with Crippen molar-refractivity contribution < 1.29 is 18.1 Å². The molecule has 9 nitrogen and oxygen atoms in total. The number of nitro groups is 1. The molecule has 174 valence electrons. The average molecular weight is 469 g/mol. The van der Waals surface area contributed by atoms with Gasteiger partial charge in [-0.25, -0.2) is 4.98 Å². The fourth-order valence-electron chi connectivity index (χ4n) is 3.05. The maximum Gasteiger partial charge on any atom is 0.418 e. The number of alkyl halides is 3. The van der Waals surface area contributed by atoms with Crippen molar-refractivity contribution in [2.45, 2.75) is 20.0 Å². The monoisotopic (exact) mass is 469 g/mol. The van der Waals surface area contributed by atoms with E-state index >= 15 is 0 Å². The molecule has 34 heavy (non-hydrogen) atoms. The number of anilines is 3. The lowest BCUT2D eigenvalue weighted by Crippen LogP contribution is -2.06. The van der Waals surface area contributed by atoms with Gasteiger partial charge in [0.15, 0.2) is 11.6 Å². The third-order valence-corrected chi connectivity index (χ3v) is 4.66. The third-order valence-electron chi connectivity index (χ3n) is 4.66. The van der Waals surface area contributed by atoms with E-state index in [1.165, 1.54) is 0 Å². The molecule has 0 radical (unpaired) electrons. The van der Waals surface area contributed by atoms with E-state index in [1.54, 1.807) is 38.1 Å². The zero-order valence-corrected chi connectivity index (χ0v) is 18.0. The lowest BCUT2D eigenvalue weighted by molar-refractivity contribution is -0.385. The molecule has 2 aromatic carbocycles. The Morgan fingerprint density at radius 3 is 2.44 bits per heavy atom. The first-order valence-corrected chi connectivity index (χ1v) is 9.93. The number of nitro benzene ring substituents is 1. The first kappa shape index (κ1) is 24.1. The molecule has 0 amide bonds. The van der Waals surface area contributed by atoms with Crippen LogP contribution >= 0.6 is 0 Å². The molecule has 1 aromatic heterocycles. The average Bonchev–Trinajstić information content (AvgIpc) is 2.79. The van der Waals surface area contributed by atoms with E-state index in [1.807, 2.05) is 12.1 Å². The van der Waals surface area contributed by atoms with Crippen LogP contribution in [0.2, 0.25) is 0 Å². The number of hydrogen-bond donors (Lipinski definition) is 2. The summed E-state index contributed by atoms with van der Waals surface area (Å²) in [6.07, 6.45) is -4.89. The van der Waals surface area contributed by atoms with Gasteiger partial charge in [0, 0.05) is 29.9 Å². The van der Waals surface area contributed by atoms with Gasteiger partial charge in [0.2, 0.25) is 0 Å². The number of non-ortho nitro benzene ring substituents is 1. The Hall–Kier alpha value is -4.53. The number of para-hydroxylation sites is 1. The van der Waals surface area contributed by atoms with Crippen LogP contribution in [-0.4, -0.2) is 16.5 Å². The minimum Gasteiger partial charge on any atom is -0.368 e. The van der Waals surface area contributed by atoms with Crippen LogP contribution in [0.15, 0.2) is 58.8 Å². The van der Waals surface area contributed by atoms with E-state index in [0.717, 1.165) is 12.1 Å². The first-order chi connectivity index (χ1) is 16.2. The molecule has 0 saturated carbocycles. The van der Waals surface area contributed by atoms with Crippen LogP contribution in [0.5, 0.6) is 0 Å². The van der Waals surface area contributed by atoms with Gasteiger partial charge in [0.25, 0.3) is 5.69 Å². The second kappa shape index (κ2) is 9.95. The molecule has 0 aliphatic rings. The second-order valence-electron chi connectivity index (χ2n) is 6.95. The van der Waals surface area contributed by atoms with Gasteiger partial charge in [-0.1, -0.05) is 18.2 Å². The Kier molecular flexibility index (Phi) is 7.06. The summed E-state index contributed by atoms with van der Waals surface area (Å²) in [6, 6.07) is 13.2. The van der Waals surface area contributed by atoms with Crippen molar-refractivity contribution in [2.75, 3.05) is 17.2 Å². The highest BCUT2D eigenvalue weighted by atomic mass is 19.4. The molecule has 0 fully saturated rings. The highest BCUT2D eigenvalue weighted by molar-refractivity contribution is 5.76. The second-order valence-corrected chi connectivity index (χ2v) is 6.95. The van der Waals surface area contributed by atoms with Crippen LogP contribution in [0.1, 0.15) is 23.6 Å². The molecule has 1 heterocycles. The summed E-state index contributed by atoms with van der Waals surface area (Å²) in [6.45, 7) is 3.78. The minimum absolute atomic E-state index is 0.0727. The van der Waals surface area contributed by atoms with Crippen molar-refractivity contribution in [3.63, 3.8) is 0 Å². The van der Waals surface area contributed by atoms with Gasteiger partial charge in [-0.05, 0) is 32.0 Å². The van der Waals surface area contributed by atoms with Crippen LogP contribution in [-0.2, 0) is 6.18 Å². The van der Waals surface area contributed by atoms with Crippen LogP contribution in [0.3, 0.4) is 0 Å². The summed E-state index contributed by atoms with van der Waals surface area (Å²) in [7, 11) is 0. The number of nitrogens with zero attached hydrogens (tertiary/aromatic N) is 5. The summed E-state index contributed by atoms with van der Waals surface area (Å²) >= 11 is 0. The number of pyridine rings is 1. The number of aromatic nitrogens is 1. The van der Waals surface area contributed by atoms with Crippen LogP contribution in [0.25, 0.3) is 0 Å². The summed E-state index contributed by atoms with van der Waals surface area (Å²) in [5.74, 6) is 0.448. The number of rotatable bonds is 7. The minimum atomic E-state index is -4.89. The van der Waals surface area contributed by atoms with Gasteiger partial charge < -0.3 is 10.6 Å². The lowest BCUT2D eigenvalue weighted by Gasteiger charge is -2.15. The molecule has 3 rings (SSSR count). The Labute approximate surface area is 192 Å². The van der Waals surface area contributed by atoms with E-state index in [0.29, 0.717) is 23.9 Å². The zero-order chi connectivity index (χ0) is 24.9. The third kappa shape index (κ3) is 5.26. The molecule has 0 spiro atoms. The quantitative estimate of drug-likeness (QED) is 0.223. The standard InChI is InChI=1S/C22H18F3N7O2/c1-3-27-21-19(13(2)16(12-26)20(29-21)28-14-7-5-4-6-8-14)31-30-18-10-9-15(32(33)34)11-17(18)22(23,24)25/h4-11H,3H2,1-2H3,(H2,27,28,29). The number of benzene rings is 2. The molecule has 12 heteroatoms. The highest BCUT2D eigenvalue weighted by Crippen LogP contribution is 2.40. The molecule has 2 N–H and O–H groups in total. The SMILES string of the molecule is CCNc1nc(Nc2ccccc2)c(C#N)c(C)c1N=Nc1ccc([N+](=O)[O-])cc1C(F)(F)F. The molecule has 0 atom stereocenters. The molecule has 0 aliphatic carbocycles. The molecule has 0 saturated heterocycles. The van der Waals surface area contributed by atoms with Crippen LogP contribution in [0.4, 0.5) is 47.6 Å². The normalized spacial score (nSPS) is 11.3. The lowest BCUT2D eigenvalue weighted by atomic mass is 10.1. The number of azo groups is 1. The summed E-state index contributed by atoms with van der Waals surface area (Å²) in [4.78, 5) is 14.4. The van der Waals surface area contributed by atoms with Gasteiger partial charge in [-0.15, -0.1) is 10.2 Å². The van der Waals surface area contributed by atoms with Crippen molar-refractivity contribution in [3.8, 4) is 6.07 Å². The van der Waals surface area contributed by atoms with Crippen molar-refractivity contribution in [1.29, 1.82) is 5.26 Å². The van der Waals surface area contributed by atoms with E-state index in [-0.39, 0.29) is 22.9 Å². The van der Waals surface area contributed by atoms with Gasteiger partial charge in [-0.2, -0.15) is 18.4 Å². The number of hydrogen-bond acceptors (Lipinski definition) is 8. The van der Waals surface area contributed by atoms with Crippen LogP contribution in [0, 0.1) is 28.4 Å². The van der Waals surface area contributed by atoms with Gasteiger partial charge in [0.1, 0.15) is 11.8 Å². The van der Waals surface area contributed by atoms with Gasteiger partial charge in [-0.3, -0.25) is 10.1 Å². The Morgan fingerprint density at radius 2 is 1.85 bits per heavy atom. The number of nitriles is 1. The summed E-state index contributed by atoms with van der Waals surface area (Å²) < 4.78 is 40.4. The molecular weight excluding hydrogens is 451 g/mol. The molecule has 3 aromatic rings. The Morgan fingerprint density at radius 1 is 1.15 bits per heavy atom. The van der Waals surface area contributed by atoms with E-state index in [4.69, 9.17) is 0 Å². The molecule has 0 aliphatic heterocycles. The number of nitrogens with one attached hydrogen (secondary N) is 2. The topological polar surface area (TPSA) is 129 Å². The number of halogens is 3. The first-order valence-electron chi connectivity index (χ1n) is 9.93. The Bertz CT molecular complexity index is 1290. The van der Waals surface area contributed by atoms with Crippen molar-refractivity contribution in [1.82, 2.24) is 4.98 Å². The van der Waals surface area contributed by atoms with E-state index in [2.05, 4.69) is 25.8 Å². The van der Waals surface area contributed by atoms with E-state index < -0.39 is 28.0 Å². The predicted molar refractivity (Wildman–Crippen MR) is 120 cm³/mol. The molecule has 0 bridgehead atoms. The fourth-order valence-corrected chi connectivity index (χ4v) is 3.05. The van der Waals surface area contributed by atoms with Crippen molar-refractivity contribution in [3.05, 3.63) is 75.3 Å². The van der Waals surface area contributed by atoms with E-state index in [9.17, 15) is 28.5 Å². The fraction of sp³-hybridized carbons (Fsp3) is 0.182. The van der Waals surface area contributed by atoms with Gasteiger partial charge >= 0.3 is 6.18 Å². The smallest absolute Gasteiger partial charge is 0.368 e. The maximum absolute atomic E-state index is 13.5. The Balaban J connectivity index is 2.11. The molecular formula is C22H18F3N7O2. The van der Waals surface area contributed by atoms with Crippen LogP contribution < -0.4 is 10.6 Å². The van der Waals surface area contributed by atoms with Crippen molar-refractivity contribution in [2.24, 2.45) is 10.2 Å². The van der Waals surface area contributed by atoms with Gasteiger partial charge in [0.05, 0.1) is 21.7 Å². The summed E-state index contributed by atoms with van der Waals surface area (Å²) in [5, 5.41) is 34.3. The largest absolute Gasteiger partial charge is 0.418 e. The highest BCUT2D eigenvalue weighted by Gasteiger charge is 2.35. The molecule has 0 unspecified atom stereocenters. The van der Waals surface area contributed by atoms with Crippen molar-refractivity contribution >= 4 is 34.4 Å².